The van der Waals surface area contributed by atoms with Crippen molar-refractivity contribution in [3.63, 3.8) is 0 Å². The number of hydrogen-bond acceptors (Lipinski definition) is 3. The number of anilines is 1. The van der Waals surface area contributed by atoms with Crippen molar-refractivity contribution >= 4 is 23.6 Å². The van der Waals surface area contributed by atoms with Gasteiger partial charge in [0.25, 0.3) is 5.91 Å². The van der Waals surface area contributed by atoms with Crippen LogP contribution in [0.25, 0.3) is 0 Å². The van der Waals surface area contributed by atoms with E-state index in [4.69, 9.17) is 0 Å². The van der Waals surface area contributed by atoms with E-state index in [9.17, 15) is 19.5 Å². The highest BCUT2D eigenvalue weighted by Gasteiger charge is 2.46. The normalized spacial score (nSPS) is 26.0. The summed E-state index contributed by atoms with van der Waals surface area (Å²) in [5.41, 5.74) is 1.29. The van der Waals surface area contributed by atoms with Crippen LogP contribution in [0.1, 0.15) is 23.2 Å². The molecule has 3 amide bonds. The number of carbonyl (C=O) groups is 3. The quantitative estimate of drug-likeness (QED) is 0.865. The lowest BCUT2D eigenvalue weighted by Gasteiger charge is -2.18. The van der Waals surface area contributed by atoms with Crippen molar-refractivity contribution in [3.05, 3.63) is 29.8 Å². The molecule has 3 aliphatic rings. The zero-order valence-corrected chi connectivity index (χ0v) is 13.9. The molecular formula is C18H21N3O4. The molecule has 3 fully saturated rings. The molecule has 2 aliphatic heterocycles. The number of likely N-dealkylation sites (tertiary alicyclic amines) is 1. The first-order valence-electron chi connectivity index (χ1n) is 8.72. The smallest absolute Gasteiger partial charge is 0.321 e. The standard InChI is InChI=1S/C18H21N3O4/c22-16(20-9-14(11-1-2-11)15(10-20)17(23)24)12-3-5-13(6-4-12)21-8-7-19-18(21)25/h3-6,11,14-15H,1-2,7-10H2,(H,19,25)(H,23,24)/t14-,15+/m1/s1. The summed E-state index contributed by atoms with van der Waals surface area (Å²) in [6.45, 7) is 2.04. The minimum absolute atomic E-state index is 0.0778. The van der Waals surface area contributed by atoms with Crippen molar-refractivity contribution in [2.24, 2.45) is 17.8 Å². The number of hydrogen-bond donors (Lipinski definition) is 2. The summed E-state index contributed by atoms with van der Waals surface area (Å²) in [5, 5.41) is 12.2. The summed E-state index contributed by atoms with van der Waals surface area (Å²) in [4.78, 5) is 39.2. The molecule has 1 aromatic rings. The van der Waals surface area contributed by atoms with Crippen LogP contribution < -0.4 is 10.2 Å². The Kier molecular flexibility index (Phi) is 3.86. The first kappa shape index (κ1) is 15.9. The number of rotatable bonds is 4. The molecule has 2 saturated heterocycles. The van der Waals surface area contributed by atoms with Gasteiger partial charge in [0.2, 0.25) is 0 Å². The predicted molar refractivity (Wildman–Crippen MR) is 90.4 cm³/mol. The van der Waals surface area contributed by atoms with Gasteiger partial charge < -0.3 is 15.3 Å². The predicted octanol–water partition coefficient (Wildman–Crippen LogP) is 1.40. The van der Waals surface area contributed by atoms with Gasteiger partial charge in [-0.3, -0.25) is 14.5 Å². The summed E-state index contributed by atoms with van der Waals surface area (Å²) in [6.07, 6.45) is 2.14. The Balaban J connectivity index is 1.47. The van der Waals surface area contributed by atoms with Gasteiger partial charge in [-0.15, -0.1) is 0 Å². The molecule has 25 heavy (non-hydrogen) atoms. The Morgan fingerprint density at radius 1 is 1.12 bits per heavy atom. The summed E-state index contributed by atoms with van der Waals surface area (Å²) < 4.78 is 0. The van der Waals surface area contributed by atoms with E-state index in [0.717, 1.165) is 18.5 Å². The topological polar surface area (TPSA) is 89.9 Å². The van der Waals surface area contributed by atoms with E-state index in [-0.39, 0.29) is 24.4 Å². The van der Waals surface area contributed by atoms with Gasteiger partial charge in [0.15, 0.2) is 0 Å². The first-order valence-corrected chi connectivity index (χ1v) is 8.72. The second kappa shape index (κ2) is 6.06. The fraction of sp³-hybridized carbons (Fsp3) is 0.500. The number of benzene rings is 1. The van der Waals surface area contributed by atoms with Crippen LogP contribution in [0.4, 0.5) is 10.5 Å². The third-order valence-corrected chi connectivity index (χ3v) is 5.48. The summed E-state index contributed by atoms with van der Waals surface area (Å²) in [7, 11) is 0. The minimum atomic E-state index is -0.803. The van der Waals surface area contributed by atoms with Gasteiger partial charge in [0, 0.05) is 37.4 Å². The average molecular weight is 343 g/mol. The number of amides is 3. The van der Waals surface area contributed by atoms with Gasteiger partial charge in [-0.1, -0.05) is 0 Å². The molecule has 2 atom stereocenters. The lowest BCUT2D eigenvalue weighted by atomic mass is 9.92. The molecule has 1 aromatic carbocycles. The molecule has 4 rings (SSSR count). The molecule has 2 N–H and O–H groups in total. The minimum Gasteiger partial charge on any atom is -0.481 e. The second-order valence-electron chi connectivity index (χ2n) is 7.09. The lowest BCUT2D eigenvalue weighted by Crippen LogP contribution is -2.30. The van der Waals surface area contributed by atoms with Crippen molar-refractivity contribution in [1.29, 1.82) is 0 Å². The Labute approximate surface area is 145 Å². The Bertz CT molecular complexity index is 714. The molecule has 0 radical (unpaired) electrons. The van der Waals surface area contributed by atoms with Gasteiger partial charge in [0.05, 0.1) is 5.92 Å². The molecule has 0 aromatic heterocycles. The number of urea groups is 1. The van der Waals surface area contributed by atoms with Crippen LogP contribution >= 0.6 is 0 Å². The number of carboxylic acids is 1. The maximum absolute atomic E-state index is 12.7. The van der Waals surface area contributed by atoms with Gasteiger partial charge in [-0.05, 0) is 48.9 Å². The van der Waals surface area contributed by atoms with Gasteiger partial charge in [0.1, 0.15) is 0 Å². The van der Waals surface area contributed by atoms with E-state index < -0.39 is 11.9 Å². The molecule has 7 heteroatoms. The Morgan fingerprint density at radius 2 is 1.84 bits per heavy atom. The van der Waals surface area contributed by atoms with Crippen LogP contribution in [0, 0.1) is 17.8 Å². The number of aliphatic carboxylic acids is 1. The van der Waals surface area contributed by atoms with Crippen LogP contribution in [-0.4, -0.2) is 54.1 Å². The highest BCUT2D eigenvalue weighted by atomic mass is 16.4. The van der Waals surface area contributed by atoms with Crippen molar-refractivity contribution in [3.8, 4) is 0 Å². The Hall–Kier alpha value is -2.57. The van der Waals surface area contributed by atoms with E-state index in [1.165, 1.54) is 0 Å². The molecule has 0 unspecified atom stereocenters. The number of nitrogens with one attached hydrogen (secondary N) is 1. The molecule has 0 bridgehead atoms. The van der Waals surface area contributed by atoms with Crippen molar-refractivity contribution in [2.75, 3.05) is 31.1 Å². The van der Waals surface area contributed by atoms with E-state index in [1.54, 1.807) is 34.1 Å². The third-order valence-electron chi connectivity index (χ3n) is 5.48. The van der Waals surface area contributed by atoms with E-state index in [2.05, 4.69) is 5.32 Å². The monoisotopic (exact) mass is 343 g/mol. The van der Waals surface area contributed by atoms with Gasteiger partial charge in [-0.2, -0.15) is 0 Å². The molecular weight excluding hydrogens is 322 g/mol. The van der Waals surface area contributed by atoms with Gasteiger partial charge in [-0.25, -0.2) is 4.79 Å². The molecule has 1 saturated carbocycles. The summed E-state index contributed by atoms with van der Waals surface area (Å²) in [5.74, 6) is -0.859. The highest BCUT2D eigenvalue weighted by Crippen LogP contribution is 2.44. The zero-order chi connectivity index (χ0) is 17.6. The zero-order valence-electron chi connectivity index (χ0n) is 13.9. The highest BCUT2D eigenvalue weighted by molar-refractivity contribution is 5.97. The van der Waals surface area contributed by atoms with Crippen LogP contribution in [0.15, 0.2) is 24.3 Å². The van der Waals surface area contributed by atoms with Crippen LogP contribution in [-0.2, 0) is 4.79 Å². The molecule has 1 aliphatic carbocycles. The fourth-order valence-electron chi connectivity index (χ4n) is 3.94. The van der Waals surface area contributed by atoms with E-state index in [1.807, 2.05) is 0 Å². The number of carboxylic acid groups (broad SMARTS) is 1. The summed E-state index contributed by atoms with van der Waals surface area (Å²) in [6, 6.07) is 6.82. The third kappa shape index (κ3) is 2.94. The number of carbonyl (C=O) groups excluding carboxylic acids is 2. The van der Waals surface area contributed by atoms with Crippen molar-refractivity contribution < 1.29 is 19.5 Å². The SMILES string of the molecule is O=C(O)[C@H]1CN(C(=O)c2ccc(N3CCNC3=O)cc2)C[C@@H]1C1CC1. The fourth-order valence-corrected chi connectivity index (χ4v) is 3.94. The second-order valence-corrected chi connectivity index (χ2v) is 7.09. The maximum Gasteiger partial charge on any atom is 0.321 e. The van der Waals surface area contributed by atoms with E-state index >= 15 is 0 Å². The molecule has 2 heterocycles. The van der Waals surface area contributed by atoms with Crippen LogP contribution in [0.2, 0.25) is 0 Å². The lowest BCUT2D eigenvalue weighted by molar-refractivity contribution is -0.142. The summed E-state index contributed by atoms with van der Waals surface area (Å²) >= 11 is 0. The van der Waals surface area contributed by atoms with Crippen LogP contribution in [0.5, 0.6) is 0 Å². The average Bonchev–Trinajstić information content (AvgIpc) is 3.20. The molecule has 132 valence electrons. The maximum atomic E-state index is 12.7. The molecule has 7 nitrogen and oxygen atoms in total. The molecule has 0 spiro atoms. The first-order chi connectivity index (χ1) is 12.0. The largest absolute Gasteiger partial charge is 0.481 e. The number of nitrogens with zero attached hydrogens (tertiary/aromatic N) is 2. The van der Waals surface area contributed by atoms with Gasteiger partial charge >= 0.3 is 12.0 Å². The van der Waals surface area contributed by atoms with Crippen molar-refractivity contribution in [2.45, 2.75) is 12.8 Å². The van der Waals surface area contributed by atoms with Crippen LogP contribution in [0.3, 0.4) is 0 Å². The van der Waals surface area contributed by atoms with Crippen molar-refractivity contribution in [1.82, 2.24) is 10.2 Å². The Morgan fingerprint density at radius 3 is 2.40 bits per heavy atom. The van der Waals surface area contributed by atoms with E-state index in [0.29, 0.717) is 31.1 Å².